The zero-order chi connectivity index (χ0) is 14.0. The molecular weight excluding hydrogens is 286 g/mol. The Labute approximate surface area is 116 Å². The molecule has 1 fully saturated rings. The number of sulfone groups is 1. The van der Waals surface area contributed by atoms with Crippen molar-refractivity contribution >= 4 is 27.1 Å². The highest BCUT2D eigenvalue weighted by molar-refractivity contribution is 7.91. The Hall–Kier alpha value is -0.920. The maximum Gasteiger partial charge on any atom is 0.345 e. The summed E-state index contributed by atoms with van der Waals surface area (Å²) in [4.78, 5) is 12.2. The second-order valence-electron chi connectivity index (χ2n) is 4.83. The van der Waals surface area contributed by atoms with Gasteiger partial charge in [-0.1, -0.05) is 0 Å². The van der Waals surface area contributed by atoms with Crippen LogP contribution in [0.5, 0.6) is 0 Å². The zero-order valence-electron chi connectivity index (χ0n) is 10.7. The fraction of sp³-hybridized carbons (Fsp3) is 0.583. The summed E-state index contributed by atoms with van der Waals surface area (Å²) in [7, 11) is -2.91. The minimum atomic E-state index is -2.91. The standard InChI is InChI=1S/C12H17NO4S2/c1-8-9(5-11(18-8)12(14)15)6-13-10-3-2-4-19(16,17)7-10/h5,10,13H,2-4,6-7H2,1H3,(H,14,15). The van der Waals surface area contributed by atoms with E-state index in [9.17, 15) is 13.2 Å². The number of carbonyl (C=O) groups is 1. The quantitative estimate of drug-likeness (QED) is 0.879. The second kappa shape index (κ2) is 5.60. The number of hydrogen-bond donors (Lipinski definition) is 2. The van der Waals surface area contributed by atoms with Gasteiger partial charge in [0.15, 0.2) is 9.84 Å². The van der Waals surface area contributed by atoms with Gasteiger partial charge in [-0.2, -0.15) is 0 Å². The van der Waals surface area contributed by atoms with E-state index >= 15 is 0 Å². The first-order valence-corrected chi connectivity index (χ1v) is 8.77. The van der Waals surface area contributed by atoms with E-state index in [0.29, 0.717) is 17.8 Å². The summed E-state index contributed by atoms with van der Waals surface area (Å²) in [5.41, 5.74) is 0.936. The van der Waals surface area contributed by atoms with E-state index in [1.165, 1.54) is 11.3 Å². The number of aromatic carboxylic acids is 1. The zero-order valence-corrected chi connectivity index (χ0v) is 12.3. The Morgan fingerprint density at radius 1 is 1.58 bits per heavy atom. The molecule has 0 saturated carbocycles. The van der Waals surface area contributed by atoms with Crippen molar-refractivity contribution in [2.75, 3.05) is 11.5 Å². The van der Waals surface area contributed by atoms with Crippen molar-refractivity contribution in [2.45, 2.75) is 32.4 Å². The molecule has 0 aromatic carbocycles. The average molecular weight is 303 g/mol. The van der Waals surface area contributed by atoms with Gasteiger partial charge in [0, 0.05) is 17.5 Å². The molecule has 0 radical (unpaired) electrons. The second-order valence-corrected chi connectivity index (χ2v) is 8.32. The van der Waals surface area contributed by atoms with Crippen molar-refractivity contribution in [2.24, 2.45) is 0 Å². The lowest BCUT2D eigenvalue weighted by atomic mass is 10.1. The van der Waals surface area contributed by atoms with Crippen molar-refractivity contribution < 1.29 is 18.3 Å². The van der Waals surface area contributed by atoms with E-state index in [0.717, 1.165) is 16.9 Å². The first-order valence-electron chi connectivity index (χ1n) is 6.14. The summed E-state index contributed by atoms with van der Waals surface area (Å²) >= 11 is 1.25. The minimum Gasteiger partial charge on any atom is -0.477 e. The smallest absolute Gasteiger partial charge is 0.345 e. The predicted octanol–water partition coefficient (Wildman–Crippen LogP) is 1.42. The number of rotatable bonds is 4. The lowest BCUT2D eigenvalue weighted by Crippen LogP contribution is -2.39. The molecule has 1 atom stereocenters. The summed E-state index contributed by atoms with van der Waals surface area (Å²) in [6.07, 6.45) is 1.55. The van der Waals surface area contributed by atoms with Crippen LogP contribution in [0.1, 0.15) is 33.0 Å². The Kier molecular flexibility index (Phi) is 4.27. The van der Waals surface area contributed by atoms with Gasteiger partial charge in [-0.25, -0.2) is 13.2 Å². The highest BCUT2D eigenvalue weighted by atomic mass is 32.2. The lowest BCUT2D eigenvalue weighted by molar-refractivity contribution is 0.0702. The number of thiophene rings is 1. The van der Waals surface area contributed by atoms with Crippen LogP contribution < -0.4 is 5.32 Å². The summed E-state index contributed by atoms with van der Waals surface area (Å²) in [6, 6.07) is 1.64. The Morgan fingerprint density at radius 2 is 2.32 bits per heavy atom. The Bertz CT molecular complexity index is 577. The van der Waals surface area contributed by atoms with Crippen LogP contribution in [0.3, 0.4) is 0 Å². The van der Waals surface area contributed by atoms with Crippen LogP contribution >= 0.6 is 11.3 Å². The number of carboxylic acid groups (broad SMARTS) is 1. The van der Waals surface area contributed by atoms with Gasteiger partial charge in [0.25, 0.3) is 0 Å². The molecule has 106 valence electrons. The van der Waals surface area contributed by atoms with E-state index in [-0.39, 0.29) is 17.5 Å². The van der Waals surface area contributed by atoms with E-state index in [1.54, 1.807) is 6.07 Å². The molecular formula is C12H17NO4S2. The third-order valence-corrected chi connectivity index (χ3v) is 6.18. The minimum absolute atomic E-state index is 0.0219. The molecule has 0 bridgehead atoms. The lowest BCUT2D eigenvalue weighted by Gasteiger charge is -2.23. The van der Waals surface area contributed by atoms with Crippen molar-refractivity contribution in [3.8, 4) is 0 Å². The van der Waals surface area contributed by atoms with Gasteiger partial charge in [0.2, 0.25) is 0 Å². The topological polar surface area (TPSA) is 83.5 Å². The van der Waals surface area contributed by atoms with Crippen LogP contribution in [0.15, 0.2) is 6.07 Å². The highest BCUT2D eigenvalue weighted by Crippen LogP contribution is 2.22. The highest BCUT2D eigenvalue weighted by Gasteiger charge is 2.24. The first-order chi connectivity index (χ1) is 8.87. The molecule has 1 aliphatic rings. The van der Waals surface area contributed by atoms with Gasteiger partial charge < -0.3 is 10.4 Å². The largest absolute Gasteiger partial charge is 0.477 e. The maximum atomic E-state index is 11.5. The third kappa shape index (κ3) is 3.77. The van der Waals surface area contributed by atoms with E-state index in [2.05, 4.69) is 5.32 Å². The number of carboxylic acids is 1. The van der Waals surface area contributed by atoms with Gasteiger partial charge >= 0.3 is 5.97 Å². The SMILES string of the molecule is Cc1sc(C(=O)O)cc1CNC1CCCS(=O)(=O)C1. The first kappa shape index (κ1) is 14.5. The summed E-state index contributed by atoms with van der Waals surface area (Å²) in [5, 5.41) is 12.1. The molecule has 0 spiro atoms. The number of nitrogens with one attached hydrogen (secondary N) is 1. The predicted molar refractivity (Wildman–Crippen MR) is 74.5 cm³/mol. The fourth-order valence-electron chi connectivity index (χ4n) is 2.24. The van der Waals surface area contributed by atoms with Crippen molar-refractivity contribution in [3.05, 3.63) is 21.4 Å². The van der Waals surface area contributed by atoms with Gasteiger partial charge in [0.1, 0.15) is 4.88 Å². The van der Waals surface area contributed by atoms with Crippen LogP contribution in [0.4, 0.5) is 0 Å². The molecule has 1 unspecified atom stereocenters. The Balaban J connectivity index is 1.97. The van der Waals surface area contributed by atoms with Gasteiger partial charge in [-0.3, -0.25) is 0 Å². The van der Waals surface area contributed by atoms with E-state index in [4.69, 9.17) is 5.11 Å². The Morgan fingerprint density at radius 3 is 2.89 bits per heavy atom. The van der Waals surface area contributed by atoms with Crippen LogP contribution in [-0.4, -0.2) is 37.0 Å². The molecule has 5 nitrogen and oxygen atoms in total. The normalized spacial score (nSPS) is 22.3. The van der Waals surface area contributed by atoms with E-state index in [1.807, 2.05) is 6.92 Å². The summed E-state index contributed by atoms with van der Waals surface area (Å²) in [5.74, 6) is -0.451. The molecule has 1 aromatic rings. The molecule has 2 rings (SSSR count). The van der Waals surface area contributed by atoms with Crippen molar-refractivity contribution in [1.82, 2.24) is 5.32 Å². The average Bonchev–Trinajstić information content (AvgIpc) is 2.67. The number of hydrogen-bond acceptors (Lipinski definition) is 5. The molecule has 19 heavy (non-hydrogen) atoms. The molecule has 2 N–H and O–H groups in total. The molecule has 0 aliphatic carbocycles. The van der Waals surface area contributed by atoms with Crippen LogP contribution in [0.2, 0.25) is 0 Å². The van der Waals surface area contributed by atoms with Crippen LogP contribution in [-0.2, 0) is 16.4 Å². The molecule has 7 heteroatoms. The maximum absolute atomic E-state index is 11.5. The van der Waals surface area contributed by atoms with Crippen LogP contribution in [0.25, 0.3) is 0 Å². The molecule has 0 amide bonds. The van der Waals surface area contributed by atoms with Gasteiger partial charge in [0.05, 0.1) is 11.5 Å². The molecule has 1 aromatic heterocycles. The van der Waals surface area contributed by atoms with Crippen LogP contribution in [0, 0.1) is 6.92 Å². The fourth-order valence-corrected chi connectivity index (χ4v) is 4.79. The van der Waals surface area contributed by atoms with Gasteiger partial charge in [-0.05, 0) is 31.4 Å². The third-order valence-electron chi connectivity index (χ3n) is 3.28. The van der Waals surface area contributed by atoms with E-state index < -0.39 is 15.8 Å². The molecule has 2 heterocycles. The van der Waals surface area contributed by atoms with Crippen molar-refractivity contribution in [3.63, 3.8) is 0 Å². The number of aryl methyl sites for hydroxylation is 1. The monoisotopic (exact) mass is 303 g/mol. The molecule has 1 aliphatic heterocycles. The summed E-state index contributed by atoms with van der Waals surface area (Å²) in [6.45, 7) is 2.40. The van der Waals surface area contributed by atoms with Gasteiger partial charge in [-0.15, -0.1) is 11.3 Å². The van der Waals surface area contributed by atoms with Crippen molar-refractivity contribution in [1.29, 1.82) is 0 Å². The molecule has 1 saturated heterocycles. The summed E-state index contributed by atoms with van der Waals surface area (Å²) < 4.78 is 23.0.